The number of non-ortho nitro benzene ring substituents is 1. The quantitative estimate of drug-likeness (QED) is 0.475. The van der Waals surface area contributed by atoms with Crippen LogP contribution in [0, 0.1) is 20.2 Å². The molecule has 21 heavy (non-hydrogen) atoms. The van der Waals surface area contributed by atoms with Gasteiger partial charge in [-0.3, -0.25) is 24.9 Å². The Morgan fingerprint density at radius 1 is 1.24 bits per heavy atom. The van der Waals surface area contributed by atoms with Crippen LogP contribution in [0.2, 0.25) is 0 Å². The summed E-state index contributed by atoms with van der Waals surface area (Å²) in [7, 11) is 0. The molecule has 0 aliphatic heterocycles. The highest BCUT2D eigenvalue weighted by Gasteiger charge is 2.18. The third kappa shape index (κ3) is 3.75. The molecule has 0 saturated heterocycles. The number of hydrogen-bond donors (Lipinski definition) is 1. The third-order valence-corrected chi connectivity index (χ3v) is 2.83. The van der Waals surface area contributed by atoms with Crippen molar-refractivity contribution in [3.8, 4) is 0 Å². The van der Waals surface area contributed by atoms with Crippen LogP contribution in [0.3, 0.4) is 0 Å². The molecule has 9 heteroatoms. The largest absolute Gasteiger partial charge is 0.379 e. The van der Waals surface area contributed by atoms with Crippen LogP contribution in [0.15, 0.2) is 36.7 Å². The van der Waals surface area contributed by atoms with E-state index in [2.05, 4.69) is 10.4 Å². The van der Waals surface area contributed by atoms with Crippen molar-refractivity contribution in [3.05, 3.63) is 56.9 Å². The highest BCUT2D eigenvalue weighted by Crippen LogP contribution is 2.28. The number of aryl methyl sites for hydroxylation is 1. The summed E-state index contributed by atoms with van der Waals surface area (Å²) < 4.78 is 1.76. The maximum Gasteiger partial charge on any atom is 0.299 e. The molecule has 0 amide bonds. The topological polar surface area (TPSA) is 116 Å². The van der Waals surface area contributed by atoms with Gasteiger partial charge >= 0.3 is 0 Å². The summed E-state index contributed by atoms with van der Waals surface area (Å²) in [4.78, 5) is 20.3. The molecule has 110 valence electrons. The number of nitro groups is 2. The molecule has 1 N–H and O–H groups in total. The SMILES string of the molecule is O=[N+]([O-])c1ccc(NCCCn2cccn2)c([N+](=O)[O-])c1. The van der Waals surface area contributed by atoms with Crippen molar-refractivity contribution in [3.63, 3.8) is 0 Å². The molecule has 1 aromatic carbocycles. The van der Waals surface area contributed by atoms with E-state index in [1.807, 2.05) is 12.3 Å². The first-order valence-electron chi connectivity index (χ1n) is 6.22. The van der Waals surface area contributed by atoms with E-state index < -0.39 is 9.85 Å². The molecule has 0 aliphatic rings. The van der Waals surface area contributed by atoms with Gasteiger partial charge in [0.05, 0.1) is 15.9 Å². The minimum Gasteiger partial charge on any atom is -0.379 e. The zero-order chi connectivity index (χ0) is 15.2. The minimum atomic E-state index is -0.658. The average molecular weight is 291 g/mol. The van der Waals surface area contributed by atoms with Crippen LogP contribution < -0.4 is 5.32 Å². The molecule has 1 heterocycles. The molecule has 0 unspecified atom stereocenters. The zero-order valence-electron chi connectivity index (χ0n) is 11.0. The number of hydrogen-bond acceptors (Lipinski definition) is 6. The van der Waals surface area contributed by atoms with E-state index in [0.717, 1.165) is 12.5 Å². The van der Waals surface area contributed by atoms with Gasteiger partial charge in [-0.2, -0.15) is 5.10 Å². The van der Waals surface area contributed by atoms with E-state index in [-0.39, 0.29) is 17.1 Å². The maximum atomic E-state index is 10.9. The highest BCUT2D eigenvalue weighted by molar-refractivity contribution is 5.65. The Morgan fingerprint density at radius 2 is 2.05 bits per heavy atom. The van der Waals surface area contributed by atoms with Crippen LogP contribution >= 0.6 is 0 Å². The zero-order valence-corrected chi connectivity index (χ0v) is 11.0. The van der Waals surface area contributed by atoms with Gasteiger partial charge in [0.15, 0.2) is 0 Å². The van der Waals surface area contributed by atoms with Gasteiger partial charge in [0, 0.05) is 31.5 Å². The van der Waals surface area contributed by atoms with E-state index in [0.29, 0.717) is 13.1 Å². The Hall–Kier alpha value is -2.97. The number of nitro benzene ring substituents is 2. The van der Waals surface area contributed by atoms with E-state index in [4.69, 9.17) is 0 Å². The molecule has 0 spiro atoms. The molecule has 0 atom stereocenters. The van der Waals surface area contributed by atoms with Gasteiger partial charge in [-0.25, -0.2) is 0 Å². The summed E-state index contributed by atoms with van der Waals surface area (Å²) in [5.41, 5.74) is -0.335. The number of rotatable bonds is 7. The number of nitrogens with zero attached hydrogens (tertiary/aromatic N) is 4. The van der Waals surface area contributed by atoms with Crippen LogP contribution in [0.5, 0.6) is 0 Å². The van der Waals surface area contributed by atoms with E-state index in [1.54, 1.807) is 10.9 Å². The molecule has 9 nitrogen and oxygen atoms in total. The molecular weight excluding hydrogens is 278 g/mol. The second-order valence-corrected chi connectivity index (χ2v) is 4.27. The number of benzene rings is 1. The highest BCUT2D eigenvalue weighted by atomic mass is 16.6. The standard InChI is InChI=1S/C12H13N5O4/c18-16(19)10-3-4-11(12(9-10)17(20)21)13-5-1-7-15-8-2-6-14-15/h2-4,6,8-9,13H,1,5,7H2. The third-order valence-electron chi connectivity index (χ3n) is 2.83. The van der Waals surface area contributed by atoms with Gasteiger partial charge in [0.25, 0.3) is 11.4 Å². The average Bonchev–Trinajstić information content (AvgIpc) is 2.96. The van der Waals surface area contributed by atoms with Crippen molar-refractivity contribution in [2.75, 3.05) is 11.9 Å². The minimum absolute atomic E-state index is 0.270. The predicted octanol–water partition coefficient (Wildman–Crippen LogP) is 2.20. The van der Waals surface area contributed by atoms with Crippen LogP contribution in [0.4, 0.5) is 17.1 Å². The molecule has 1 aromatic heterocycles. The fourth-order valence-electron chi connectivity index (χ4n) is 1.83. The lowest BCUT2D eigenvalue weighted by Crippen LogP contribution is -2.08. The van der Waals surface area contributed by atoms with Crippen molar-refractivity contribution in [1.29, 1.82) is 0 Å². The van der Waals surface area contributed by atoms with Gasteiger partial charge in [0.1, 0.15) is 5.69 Å². The summed E-state index contributed by atoms with van der Waals surface area (Å²) in [6, 6.07) is 5.36. The molecule has 0 bridgehead atoms. The maximum absolute atomic E-state index is 10.9. The lowest BCUT2D eigenvalue weighted by atomic mass is 10.2. The summed E-state index contributed by atoms with van der Waals surface area (Å²) in [5.74, 6) is 0. The first-order valence-corrected chi connectivity index (χ1v) is 6.22. The van der Waals surface area contributed by atoms with Crippen molar-refractivity contribution < 1.29 is 9.85 Å². The number of aromatic nitrogens is 2. The van der Waals surface area contributed by atoms with Crippen molar-refractivity contribution in [2.45, 2.75) is 13.0 Å². The molecular formula is C12H13N5O4. The van der Waals surface area contributed by atoms with E-state index >= 15 is 0 Å². The van der Waals surface area contributed by atoms with Gasteiger partial charge in [-0.05, 0) is 18.6 Å². The Morgan fingerprint density at radius 3 is 2.67 bits per heavy atom. The molecule has 2 aromatic rings. The van der Waals surface area contributed by atoms with Crippen LogP contribution in [0.1, 0.15) is 6.42 Å². The van der Waals surface area contributed by atoms with Gasteiger partial charge in [-0.15, -0.1) is 0 Å². The summed E-state index contributed by atoms with van der Waals surface area (Å²) in [5, 5.41) is 28.5. The fourth-order valence-corrected chi connectivity index (χ4v) is 1.83. The smallest absolute Gasteiger partial charge is 0.299 e. The van der Waals surface area contributed by atoms with Crippen molar-refractivity contribution in [2.24, 2.45) is 0 Å². The van der Waals surface area contributed by atoms with Crippen LogP contribution in [-0.4, -0.2) is 26.2 Å². The van der Waals surface area contributed by atoms with Gasteiger partial charge in [0.2, 0.25) is 0 Å². The lowest BCUT2D eigenvalue weighted by Gasteiger charge is -2.07. The van der Waals surface area contributed by atoms with Gasteiger partial charge < -0.3 is 5.32 Å². The lowest BCUT2D eigenvalue weighted by molar-refractivity contribution is -0.393. The molecule has 0 fully saturated rings. The number of anilines is 1. The molecule has 2 rings (SSSR count). The molecule has 0 radical (unpaired) electrons. The fraction of sp³-hybridized carbons (Fsp3) is 0.250. The Labute approximate surface area is 119 Å². The van der Waals surface area contributed by atoms with Gasteiger partial charge in [-0.1, -0.05) is 0 Å². The van der Waals surface area contributed by atoms with Crippen molar-refractivity contribution >= 4 is 17.1 Å². The molecule has 0 aliphatic carbocycles. The number of nitrogens with one attached hydrogen (secondary N) is 1. The second-order valence-electron chi connectivity index (χ2n) is 4.27. The Bertz CT molecular complexity index is 641. The first-order chi connectivity index (χ1) is 10.1. The predicted molar refractivity (Wildman–Crippen MR) is 75.1 cm³/mol. The second kappa shape index (κ2) is 6.46. The van der Waals surface area contributed by atoms with Crippen LogP contribution in [-0.2, 0) is 6.54 Å². The summed E-state index contributed by atoms with van der Waals surface area (Å²) in [6.07, 6.45) is 4.22. The Kier molecular flexibility index (Phi) is 4.44. The summed E-state index contributed by atoms with van der Waals surface area (Å²) in [6.45, 7) is 1.18. The first kappa shape index (κ1) is 14.4. The van der Waals surface area contributed by atoms with E-state index in [9.17, 15) is 20.2 Å². The molecule has 0 saturated carbocycles. The normalized spacial score (nSPS) is 10.3. The summed E-state index contributed by atoms with van der Waals surface area (Å²) >= 11 is 0. The van der Waals surface area contributed by atoms with E-state index in [1.165, 1.54) is 12.1 Å². The van der Waals surface area contributed by atoms with Crippen LogP contribution in [0.25, 0.3) is 0 Å². The van der Waals surface area contributed by atoms with Crippen molar-refractivity contribution in [1.82, 2.24) is 9.78 Å². The Balaban J connectivity index is 1.98. The monoisotopic (exact) mass is 291 g/mol.